The summed E-state index contributed by atoms with van der Waals surface area (Å²) in [6.45, 7) is 2.76. The van der Waals surface area contributed by atoms with Gasteiger partial charge in [-0.3, -0.25) is 14.2 Å². The molecule has 1 atom stereocenters. The number of ether oxygens (including phenoxy) is 2. The average molecular weight is 398 g/mol. The first-order valence-corrected chi connectivity index (χ1v) is 9.90. The van der Waals surface area contributed by atoms with Gasteiger partial charge >= 0.3 is 5.97 Å². The van der Waals surface area contributed by atoms with Gasteiger partial charge in [0.15, 0.2) is 5.16 Å². The summed E-state index contributed by atoms with van der Waals surface area (Å²) in [5, 5.41) is 0.376. The Bertz CT molecular complexity index is 1000. The number of benzene rings is 2. The first kappa shape index (κ1) is 20.1. The zero-order valence-corrected chi connectivity index (χ0v) is 16.6. The summed E-state index contributed by atoms with van der Waals surface area (Å²) in [7, 11) is 1.58. The van der Waals surface area contributed by atoms with Crippen LogP contribution in [0, 0.1) is 0 Å². The maximum absolute atomic E-state index is 13.0. The number of para-hydroxylation sites is 1. The largest absolute Gasteiger partial charge is 0.465 e. The molecule has 28 heavy (non-hydrogen) atoms. The maximum Gasteiger partial charge on any atom is 0.324 e. The van der Waals surface area contributed by atoms with Crippen molar-refractivity contribution in [2.45, 2.75) is 23.9 Å². The number of hydrogen-bond donors (Lipinski definition) is 0. The monoisotopic (exact) mass is 398 g/mol. The molecule has 0 amide bonds. The van der Waals surface area contributed by atoms with Gasteiger partial charge in [0, 0.05) is 7.11 Å². The van der Waals surface area contributed by atoms with E-state index in [1.807, 2.05) is 42.5 Å². The normalized spacial score (nSPS) is 12.1. The third kappa shape index (κ3) is 4.43. The molecule has 0 aliphatic rings. The van der Waals surface area contributed by atoms with E-state index >= 15 is 0 Å². The van der Waals surface area contributed by atoms with Crippen molar-refractivity contribution in [2.24, 2.45) is 0 Å². The topological polar surface area (TPSA) is 70.4 Å². The fraction of sp³-hybridized carbons (Fsp3) is 0.286. The predicted octanol–water partition coefficient (Wildman–Crippen LogP) is 3.44. The number of hydrogen-bond acceptors (Lipinski definition) is 6. The highest BCUT2D eigenvalue weighted by atomic mass is 32.2. The van der Waals surface area contributed by atoms with Crippen LogP contribution in [0.1, 0.15) is 17.7 Å². The highest BCUT2D eigenvalue weighted by Gasteiger charge is 2.26. The number of carbonyl (C=O) groups is 1. The molecule has 3 rings (SSSR count). The number of thioether (sulfide) groups is 1. The molecule has 1 aromatic heterocycles. The molecule has 2 aromatic carbocycles. The second-order valence-electron chi connectivity index (χ2n) is 6.02. The Morgan fingerprint density at radius 1 is 1.14 bits per heavy atom. The Labute approximate surface area is 167 Å². The van der Waals surface area contributed by atoms with E-state index in [0.29, 0.717) is 29.2 Å². The van der Waals surface area contributed by atoms with Crippen molar-refractivity contribution in [2.75, 3.05) is 20.3 Å². The van der Waals surface area contributed by atoms with Crippen molar-refractivity contribution in [3.8, 4) is 0 Å². The molecular weight excluding hydrogens is 376 g/mol. The molecule has 6 nitrogen and oxygen atoms in total. The van der Waals surface area contributed by atoms with Crippen LogP contribution in [0.25, 0.3) is 10.9 Å². The minimum Gasteiger partial charge on any atom is -0.465 e. The average Bonchev–Trinajstić information content (AvgIpc) is 2.72. The molecule has 0 bridgehead atoms. The van der Waals surface area contributed by atoms with E-state index in [9.17, 15) is 9.59 Å². The molecule has 0 saturated heterocycles. The lowest BCUT2D eigenvalue weighted by Gasteiger charge is -2.18. The first-order chi connectivity index (χ1) is 13.7. The van der Waals surface area contributed by atoms with E-state index in [2.05, 4.69) is 4.98 Å². The number of fused-ring (bicyclic) bond motifs is 1. The predicted molar refractivity (Wildman–Crippen MR) is 110 cm³/mol. The van der Waals surface area contributed by atoms with E-state index in [1.165, 1.54) is 11.8 Å². The van der Waals surface area contributed by atoms with E-state index in [-0.39, 0.29) is 18.1 Å². The van der Waals surface area contributed by atoms with Crippen LogP contribution in [-0.4, -0.2) is 35.8 Å². The number of nitrogens with zero attached hydrogens (tertiary/aromatic N) is 2. The summed E-state index contributed by atoms with van der Waals surface area (Å²) in [5.74, 6) is -0.362. The molecule has 3 aromatic rings. The summed E-state index contributed by atoms with van der Waals surface area (Å²) in [6.07, 6.45) is 0. The van der Waals surface area contributed by atoms with Crippen molar-refractivity contribution < 1.29 is 14.3 Å². The Kier molecular flexibility index (Phi) is 6.84. The van der Waals surface area contributed by atoms with Crippen LogP contribution >= 0.6 is 11.8 Å². The second kappa shape index (κ2) is 9.52. The molecule has 0 aliphatic heterocycles. The van der Waals surface area contributed by atoms with Gasteiger partial charge in [0.1, 0.15) is 5.25 Å². The Morgan fingerprint density at radius 3 is 2.57 bits per heavy atom. The van der Waals surface area contributed by atoms with Crippen LogP contribution < -0.4 is 5.56 Å². The summed E-state index contributed by atoms with van der Waals surface area (Å²) in [6, 6.07) is 16.6. The van der Waals surface area contributed by atoms with Gasteiger partial charge < -0.3 is 9.47 Å². The number of carbonyl (C=O) groups excluding carboxylic acids is 1. The standard InChI is InChI=1S/C21H22N2O4S/c1-3-27-20(25)18(15-9-5-4-6-10-15)28-21-22-17-12-8-7-11-16(17)19(24)23(21)13-14-26-2/h4-12,18H,3,13-14H2,1-2H3/t18-/m1/s1. The highest BCUT2D eigenvalue weighted by molar-refractivity contribution is 8.00. The summed E-state index contributed by atoms with van der Waals surface area (Å²) >= 11 is 1.22. The third-order valence-electron chi connectivity index (χ3n) is 4.17. The van der Waals surface area contributed by atoms with Crippen LogP contribution in [0.5, 0.6) is 0 Å². The smallest absolute Gasteiger partial charge is 0.324 e. The van der Waals surface area contributed by atoms with Crippen LogP contribution in [0.3, 0.4) is 0 Å². The van der Waals surface area contributed by atoms with Crippen molar-refractivity contribution in [3.05, 3.63) is 70.5 Å². The number of rotatable bonds is 8. The third-order valence-corrected chi connectivity index (χ3v) is 5.39. The van der Waals surface area contributed by atoms with E-state index < -0.39 is 5.25 Å². The van der Waals surface area contributed by atoms with Crippen molar-refractivity contribution in [3.63, 3.8) is 0 Å². The second-order valence-corrected chi connectivity index (χ2v) is 7.09. The van der Waals surface area contributed by atoms with Gasteiger partial charge in [-0.05, 0) is 24.6 Å². The van der Waals surface area contributed by atoms with Gasteiger partial charge in [-0.15, -0.1) is 0 Å². The zero-order valence-electron chi connectivity index (χ0n) is 15.8. The molecular formula is C21H22N2O4S. The van der Waals surface area contributed by atoms with Gasteiger partial charge in [0.25, 0.3) is 5.56 Å². The fourth-order valence-corrected chi connectivity index (χ4v) is 3.94. The van der Waals surface area contributed by atoms with Crippen LogP contribution in [-0.2, 0) is 20.8 Å². The molecule has 146 valence electrons. The summed E-state index contributed by atoms with van der Waals surface area (Å²) in [4.78, 5) is 30.3. The summed E-state index contributed by atoms with van der Waals surface area (Å²) < 4.78 is 12.0. The first-order valence-electron chi connectivity index (χ1n) is 9.02. The minimum absolute atomic E-state index is 0.152. The molecule has 0 spiro atoms. The summed E-state index contributed by atoms with van der Waals surface area (Å²) in [5.41, 5.74) is 1.24. The lowest BCUT2D eigenvalue weighted by molar-refractivity contribution is -0.142. The Balaban J connectivity index is 2.09. The van der Waals surface area contributed by atoms with Gasteiger partial charge in [-0.1, -0.05) is 54.2 Å². The van der Waals surface area contributed by atoms with Crippen LogP contribution in [0.2, 0.25) is 0 Å². The SMILES string of the molecule is CCOC(=O)[C@H](Sc1nc2ccccc2c(=O)n1CCOC)c1ccccc1. The lowest BCUT2D eigenvalue weighted by atomic mass is 10.1. The lowest BCUT2D eigenvalue weighted by Crippen LogP contribution is -2.26. The molecule has 0 aliphatic carbocycles. The molecule has 0 N–H and O–H groups in total. The molecule has 1 heterocycles. The molecule has 7 heteroatoms. The van der Waals surface area contributed by atoms with Crippen molar-refractivity contribution in [1.82, 2.24) is 9.55 Å². The van der Waals surface area contributed by atoms with E-state index in [1.54, 1.807) is 30.7 Å². The fourth-order valence-electron chi connectivity index (χ4n) is 2.82. The van der Waals surface area contributed by atoms with Crippen molar-refractivity contribution >= 4 is 28.6 Å². The zero-order chi connectivity index (χ0) is 19.9. The Morgan fingerprint density at radius 2 is 1.86 bits per heavy atom. The van der Waals surface area contributed by atoms with Crippen LogP contribution in [0.4, 0.5) is 0 Å². The Hall–Kier alpha value is -2.64. The van der Waals surface area contributed by atoms with Gasteiger partial charge in [0.2, 0.25) is 0 Å². The van der Waals surface area contributed by atoms with Gasteiger partial charge in [-0.25, -0.2) is 4.98 Å². The quantitative estimate of drug-likeness (QED) is 0.329. The van der Waals surface area contributed by atoms with E-state index in [0.717, 1.165) is 5.56 Å². The van der Waals surface area contributed by atoms with Gasteiger partial charge in [-0.2, -0.15) is 0 Å². The molecule has 0 saturated carbocycles. The molecule has 0 fully saturated rings. The maximum atomic E-state index is 13.0. The number of methoxy groups -OCH3 is 1. The number of aromatic nitrogens is 2. The van der Waals surface area contributed by atoms with Crippen molar-refractivity contribution in [1.29, 1.82) is 0 Å². The molecule has 0 unspecified atom stereocenters. The molecule has 0 radical (unpaired) electrons. The van der Waals surface area contributed by atoms with Crippen LogP contribution in [0.15, 0.2) is 64.5 Å². The minimum atomic E-state index is -0.622. The number of esters is 1. The van der Waals surface area contributed by atoms with E-state index in [4.69, 9.17) is 9.47 Å². The van der Waals surface area contributed by atoms with Gasteiger partial charge in [0.05, 0.1) is 30.7 Å². The highest BCUT2D eigenvalue weighted by Crippen LogP contribution is 2.35.